The van der Waals surface area contributed by atoms with Crippen LogP contribution < -0.4 is 0 Å². The van der Waals surface area contributed by atoms with Gasteiger partial charge in [-0.05, 0) is 36.6 Å². The quantitative estimate of drug-likeness (QED) is 0.601. The lowest BCUT2D eigenvalue weighted by molar-refractivity contribution is 0.104. The predicted molar refractivity (Wildman–Crippen MR) is 97.9 cm³/mol. The number of aromatic nitrogens is 1. The van der Waals surface area contributed by atoms with Gasteiger partial charge in [-0.3, -0.25) is 4.79 Å². The molecule has 2 aromatic rings. The van der Waals surface area contributed by atoms with E-state index < -0.39 is 0 Å². The number of pyridine rings is 1. The summed E-state index contributed by atoms with van der Waals surface area (Å²) in [5.74, 6) is 0.711. The van der Waals surface area contributed by atoms with E-state index in [1.165, 1.54) is 32.1 Å². The second kappa shape index (κ2) is 8.00. The van der Waals surface area contributed by atoms with Gasteiger partial charge in [-0.25, -0.2) is 0 Å². The molecule has 1 fully saturated rings. The Balaban J connectivity index is 1.81. The van der Waals surface area contributed by atoms with Gasteiger partial charge in [-0.1, -0.05) is 49.8 Å². The van der Waals surface area contributed by atoms with Crippen LogP contribution in [0.2, 0.25) is 5.02 Å². The lowest BCUT2D eigenvalue weighted by atomic mass is 9.87. The maximum atomic E-state index is 12.6. The zero-order valence-corrected chi connectivity index (χ0v) is 14.6. The number of carbonyl (C=O) groups excluding carboxylic acids is 1. The van der Waals surface area contributed by atoms with Crippen LogP contribution in [-0.2, 0) is 6.42 Å². The maximum Gasteiger partial charge on any atom is 0.187 e. The summed E-state index contributed by atoms with van der Waals surface area (Å²) in [4.78, 5) is 12.6. The van der Waals surface area contributed by atoms with E-state index in [2.05, 4.69) is 0 Å². The molecule has 0 amide bonds. The molecule has 4 heteroatoms. The van der Waals surface area contributed by atoms with Crippen LogP contribution in [0.3, 0.4) is 0 Å². The van der Waals surface area contributed by atoms with E-state index in [4.69, 9.17) is 11.6 Å². The number of aliphatic hydroxyl groups excluding tert-OH is 1. The molecule has 24 heavy (non-hydrogen) atoms. The first-order chi connectivity index (χ1) is 11.7. The number of rotatable bonds is 6. The smallest absolute Gasteiger partial charge is 0.187 e. The van der Waals surface area contributed by atoms with Gasteiger partial charge in [0.05, 0.1) is 10.5 Å². The van der Waals surface area contributed by atoms with Crippen LogP contribution in [-0.4, -0.2) is 21.9 Å². The molecule has 2 heterocycles. The Hall–Kier alpha value is -1.58. The van der Waals surface area contributed by atoms with Gasteiger partial charge in [0.25, 0.3) is 0 Å². The number of halogens is 1. The molecule has 0 bridgehead atoms. The number of aliphatic hydroxyl groups is 1. The molecule has 0 aliphatic heterocycles. The summed E-state index contributed by atoms with van der Waals surface area (Å²) >= 11 is 6.32. The Kier molecular flexibility index (Phi) is 5.75. The Bertz CT molecular complexity index is 741. The van der Waals surface area contributed by atoms with Gasteiger partial charge in [0.15, 0.2) is 5.78 Å². The van der Waals surface area contributed by atoms with E-state index in [-0.39, 0.29) is 12.4 Å². The molecule has 0 radical (unpaired) electrons. The number of carbonyl (C=O) groups is 1. The number of nitrogens with zero attached hydrogens (tertiary/aromatic N) is 1. The number of hydrogen-bond donors (Lipinski definition) is 1. The van der Waals surface area contributed by atoms with E-state index in [1.54, 1.807) is 12.1 Å². The highest BCUT2D eigenvalue weighted by atomic mass is 35.5. The lowest BCUT2D eigenvalue weighted by Gasteiger charge is -2.19. The molecule has 0 saturated heterocycles. The van der Waals surface area contributed by atoms with Crippen molar-refractivity contribution in [3.63, 3.8) is 0 Å². The molecule has 0 aromatic carbocycles. The molecular formula is C20H24ClNO2. The van der Waals surface area contributed by atoms with Crippen molar-refractivity contribution in [2.24, 2.45) is 5.92 Å². The van der Waals surface area contributed by atoms with Gasteiger partial charge in [-0.2, -0.15) is 0 Å². The van der Waals surface area contributed by atoms with Crippen LogP contribution >= 0.6 is 11.6 Å². The summed E-state index contributed by atoms with van der Waals surface area (Å²) in [5, 5.41) is 9.80. The number of allylic oxidation sites excluding steroid dienone is 2. The van der Waals surface area contributed by atoms with Crippen molar-refractivity contribution in [1.82, 2.24) is 4.40 Å². The van der Waals surface area contributed by atoms with E-state index >= 15 is 0 Å². The molecule has 0 spiro atoms. The molecule has 0 unspecified atom stereocenters. The van der Waals surface area contributed by atoms with Gasteiger partial charge in [-0.15, -0.1) is 0 Å². The second-order valence-electron chi connectivity index (χ2n) is 6.60. The Morgan fingerprint density at radius 3 is 2.88 bits per heavy atom. The highest BCUT2D eigenvalue weighted by Crippen LogP contribution is 2.28. The van der Waals surface area contributed by atoms with Crippen LogP contribution in [0.25, 0.3) is 5.52 Å². The summed E-state index contributed by atoms with van der Waals surface area (Å²) in [6.07, 6.45) is 13.6. The summed E-state index contributed by atoms with van der Waals surface area (Å²) in [6, 6.07) is 5.50. The minimum absolute atomic E-state index is 0.0133. The molecule has 3 rings (SSSR count). The third kappa shape index (κ3) is 3.73. The first kappa shape index (κ1) is 17.2. The fraction of sp³-hybridized carbons (Fsp3) is 0.450. The second-order valence-corrected chi connectivity index (χ2v) is 7.01. The summed E-state index contributed by atoms with van der Waals surface area (Å²) in [5.41, 5.74) is 2.25. The SMILES string of the molecule is O=C(/C=C/CC1CCCCC1)c1cc(CCO)n2cccc(Cl)c12. The largest absolute Gasteiger partial charge is 0.396 e. The van der Waals surface area contributed by atoms with E-state index in [0.29, 0.717) is 17.0 Å². The number of fused-ring (bicyclic) bond motifs is 1. The van der Waals surface area contributed by atoms with Crippen LogP contribution in [0.4, 0.5) is 0 Å². The van der Waals surface area contributed by atoms with Crippen molar-refractivity contribution in [2.75, 3.05) is 6.61 Å². The van der Waals surface area contributed by atoms with Gasteiger partial charge in [0.2, 0.25) is 0 Å². The predicted octanol–water partition coefficient (Wildman–Crippen LogP) is 4.84. The van der Waals surface area contributed by atoms with Crippen LogP contribution in [0.5, 0.6) is 0 Å². The number of ketones is 1. The van der Waals surface area contributed by atoms with Crippen molar-refractivity contribution in [1.29, 1.82) is 0 Å². The normalized spacial score (nSPS) is 16.2. The minimum Gasteiger partial charge on any atom is -0.396 e. The van der Waals surface area contributed by atoms with Gasteiger partial charge < -0.3 is 9.51 Å². The summed E-state index contributed by atoms with van der Waals surface area (Å²) in [7, 11) is 0. The van der Waals surface area contributed by atoms with E-state index in [1.807, 2.05) is 28.8 Å². The lowest BCUT2D eigenvalue weighted by Crippen LogP contribution is -2.05. The average Bonchev–Trinajstić information content (AvgIpc) is 2.96. The maximum absolute atomic E-state index is 12.6. The molecule has 1 N–H and O–H groups in total. The van der Waals surface area contributed by atoms with Crippen molar-refractivity contribution < 1.29 is 9.90 Å². The molecule has 1 saturated carbocycles. The topological polar surface area (TPSA) is 41.7 Å². The van der Waals surface area contributed by atoms with E-state index in [0.717, 1.165) is 23.5 Å². The molecule has 128 valence electrons. The standard InChI is InChI=1S/C20H24ClNO2/c21-18-9-5-12-22-16(11-13-23)14-17(20(18)22)19(24)10-4-8-15-6-2-1-3-7-15/h4-5,9-10,12,14-15,23H,1-3,6-8,11,13H2/b10-4+. The Morgan fingerprint density at radius 1 is 1.33 bits per heavy atom. The van der Waals surface area contributed by atoms with Gasteiger partial charge >= 0.3 is 0 Å². The molecule has 0 atom stereocenters. The third-order valence-corrected chi connectivity index (χ3v) is 5.22. The fourth-order valence-electron chi connectivity index (χ4n) is 3.66. The zero-order chi connectivity index (χ0) is 16.9. The van der Waals surface area contributed by atoms with Crippen LogP contribution in [0.15, 0.2) is 36.5 Å². The summed E-state index contributed by atoms with van der Waals surface area (Å²) in [6.45, 7) is 0.0454. The average molecular weight is 346 g/mol. The third-order valence-electron chi connectivity index (χ3n) is 4.92. The molecule has 1 aliphatic rings. The first-order valence-electron chi connectivity index (χ1n) is 8.81. The van der Waals surface area contributed by atoms with Crippen LogP contribution in [0.1, 0.15) is 54.6 Å². The van der Waals surface area contributed by atoms with Crippen molar-refractivity contribution >= 4 is 22.9 Å². The van der Waals surface area contributed by atoms with E-state index in [9.17, 15) is 9.90 Å². The monoisotopic (exact) mass is 345 g/mol. The van der Waals surface area contributed by atoms with Crippen molar-refractivity contribution in [2.45, 2.75) is 44.9 Å². The number of hydrogen-bond acceptors (Lipinski definition) is 2. The summed E-state index contributed by atoms with van der Waals surface area (Å²) < 4.78 is 1.90. The Labute approximate surface area is 147 Å². The van der Waals surface area contributed by atoms with Crippen LogP contribution in [0, 0.1) is 5.92 Å². The highest BCUT2D eigenvalue weighted by Gasteiger charge is 2.16. The van der Waals surface area contributed by atoms with Gasteiger partial charge in [0, 0.05) is 30.5 Å². The minimum atomic E-state index is -0.0133. The molecule has 3 nitrogen and oxygen atoms in total. The first-order valence-corrected chi connectivity index (χ1v) is 9.18. The zero-order valence-electron chi connectivity index (χ0n) is 13.9. The van der Waals surface area contributed by atoms with Crippen molar-refractivity contribution in [3.8, 4) is 0 Å². The fourth-order valence-corrected chi connectivity index (χ4v) is 3.93. The Morgan fingerprint density at radius 2 is 2.12 bits per heavy atom. The van der Waals surface area contributed by atoms with Gasteiger partial charge in [0.1, 0.15) is 0 Å². The molecular weight excluding hydrogens is 322 g/mol. The molecule has 1 aliphatic carbocycles. The van der Waals surface area contributed by atoms with Crippen molar-refractivity contribution in [3.05, 3.63) is 52.8 Å². The molecule has 2 aromatic heterocycles. The highest BCUT2D eigenvalue weighted by molar-refractivity contribution is 6.35.